The SMILES string of the molecule is CCCC/C=C(\Sc1ccc(C)cc1)B(C(C)C(C)C)C(C)C(C)C. The summed E-state index contributed by atoms with van der Waals surface area (Å²) in [5, 5.41) is 0. The first kappa shape index (κ1) is 22.4. The summed E-state index contributed by atoms with van der Waals surface area (Å²) in [6.07, 6.45) is 6.31. The quantitative estimate of drug-likeness (QED) is 0.230. The van der Waals surface area contributed by atoms with Gasteiger partial charge in [-0.1, -0.05) is 109 Å². The fraction of sp³-hybridized carbons (Fsp3) is 0.652. The zero-order valence-electron chi connectivity index (χ0n) is 17.8. The third-order valence-electron chi connectivity index (χ3n) is 5.72. The van der Waals surface area contributed by atoms with Gasteiger partial charge in [-0.2, -0.15) is 0 Å². The number of aryl methyl sites for hydroxylation is 1. The zero-order valence-corrected chi connectivity index (χ0v) is 18.6. The summed E-state index contributed by atoms with van der Waals surface area (Å²) in [7, 11) is 0. The Morgan fingerprint density at radius 3 is 1.92 bits per heavy atom. The molecule has 0 saturated heterocycles. The van der Waals surface area contributed by atoms with Gasteiger partial charge in [0.1, 0.15) is 0 Å². The molecule has 2 atom stereocenters. The Labute approximate surface area is 162 Å². The van der Waals surface area contributed by atoms with Crippen molar-refractivity contribution in [2.45, 2.75) is 91.2 Å². The predicted octanol–water partition coefficient (Wildman–Crippen LogP) is 8.29. The van der Waals surface area contributed by atoms with E-state index in [1.807, 2.05) is 11.8 Å². The highest BCUT2D eigenvalue weighted by atomic mass is 32.2. The Morgan fingerprint density at radius 2 is 1.48 bits per heavy atom. The topological polar surface area (TPSA) is 0 Å². The van der Waals surface area contributed by atoms with Crippen LogP contribution in [0.4, 0.5) is 0 Å². The summed E-state index contributed by atoms with van der Waals surface area (Å²) < 4.78 is 0. The standard InChI is InChI=1S/C23H39BS/c1-9-10-11-12-23(25-22-15-13-19(6)14-16-22)24(20(7)17(2)3)21(8)18(4)5/h12-18,20-21H,9-11H2,1-8H3/b23-12-. The van der Waals surface area contributed by atoms with Crippen LogP contribution in [0.5, 0.6) is 0 Å². The first-order valence-corrected chi connectivity index (χ1v) is 11.0. The summed E-state index contributed by atoms with van der Waals surface area (Å²) in [5.74, 6) is 2.81. The molecule has 0 aliphatic rings. The van der Waals surface area contributed by atoms with E-state index >= 15 is 0 Å². The van der Waals surface area contributed by atoms with Crippen LogP contribution in [-0.2, 0) is 0 Å². The summed E-state index contributed by atoms with van der Waals surface area (Å²) in [6, 6.07) is 9.03. The van der Waals surface area contributed by atoms with Gasteiger partial charge in [0.05, 0.1) is 0 Å². The lowest BCUT2D eigenvalue weighted by Gasteiger charge is -2.33. The van der Waals surface area contributed by atoms with Gasteiger partial charge in [0.25, 0.3) is 0 Å². The number of rotatable bonds is 10. The molecular formula is C23H39BS. The van der Waals surface area contributed by atoms with E-state index in [-0.39, 0.29) is 0 Å². The maximum atomic E-state index is 2.55. The number of unbranched alkanes of at least 4 members (excludes halogenated alkanes) is 2. The lowest BCUT2D eigenvalue weighted by Crippen LogP contribution is -2.31. The third kappa shape index (κ3) is 7.25. The Morgan fingerprint density at radius 1 is 0.960 bits per heavy atom. The highest BCUT2D eigenvalue weighted by molar-refractivity contribution is 8.05. The number of thioether (sulfide) groups is 1. The molecule has 0 radical (unpaired) electrons. The van der Waals surface area contributed by atoms with Crippen LogP contribution in [-0.4, -0.2) is 6.71 Å². The van der Waals surface area contributed by atoms with Crippen molar-refractivity contribution in [2.24, 2.45) is 11.8 Å². The van der Waals surface area contributed by atoms with Crippen LogP contribution < -0.4 is 0 Å². The van der Waals surface area contributed by atoms with Gasteiger partial charge < -0.3 is 0 Å². The van der Waals surface area contributed by atoms with E-state index in [4.69, 9.17) is 0 Å². The van der Waals surface area contributed by atoms with Crippen LogP contribution in [0.3, 0.4) is 0 Å². The lowest BCUT2D eigenvalue weighted by molar-refractivity contribution is 0.566. The van der Waals surface area contributed by atoms with Gasteiger partial charge in [-0.05, 0) is 30.3 Å². The van der Waals surface area contributed by atoms with E-state index in [1.54, 1.807) is 4.80 Å². The summed E-state index contributed by atoms with van der Waals surface area (Å²) in [6.45, 7) is 19.5. The smallest absolute Gasteiger partial charge is 0.105 e. The monoisotopic (exact) mass is 358 g/mol. The molecule has 0 nitrogen and oxygen atoms in total. The van der Waals surface area contributed by atoms with Crippen LogP contribution in [0.25, 0.3) is 0 Å². The molecule has 0 aliphatic heterocycles. The Bertz CT molecular complexity index is 501. The molecule has 1 aromatic rings. The molecule has 0 bridgehead atoms. The molecule has 0 aliphatic carbocycles. The Balaban J connectivity index is 3.18. The molecule has 1 rings (SSSR count). The second-order valence-corrected chi connectivity index (χ2v) is 9.54. The van der Waals surface area contributed by atoms with Gasteiger partial charge in [-0.3, -0.25) is 0 Å². The van der Waals surface area contributed by atoms with E-state index in [0.29, 0.717) is 30.2 Å². The first-order valence-electron chi connectivity index (χ1n) is 10.2. The molecule has 0 amide bonds. The molecule has 0 saturated carbocycles. The average molecular weight is 358 g/mol. The van der Waals surface area contributed by atoms with Crippen LogP contribution in [0.15, 0.2) is 40.0 Å². The second-order valence-electron chi connectivity index (χ2n) is 8.40. The van der Waals surface area contributed by atoms with Gasteiger partial charge in [0.2, 0.25) is 0 Å². The zero-order chi connectivity index (χ0) is 19.0. The molecule has 0 heterocycles. The van der Waals surface area contributed by atoms with Gasteiger partial charge in [-0.15, -0.1) is 11.8 Å². The van der Waals surface area contributed by atoms with Crippen LogP contribution >= 0.6 is 11.8 Å². The van der Waals surface area contributed by atoms with Gasteiger partial charge in [0, 0.05) is 4.90 Å². The molecule has 2 unspecified atom stereocenters. The van der Waals surface area contributed by atoms with Crippen molar-refractivity contribution in [3.8, 4) is 0 Å². The fourth-order valence-corrected chi connectivity index (χ4v) is 4.57. The average Bonchev–Trinajstić information content (AvgIpc) is 2.56. The lowest BCUT2D eigenvalue weighted by atomic mass is 9.31. The number of hydrogen-bond acceptors (Lipinski definition) is 1. The van der Waals surface area contributed by atoms with Crippen LogP contribution in [0, 0.1) is 18.8 Å². The summed E-state index contributed by atoms with van der Waals surface area (Å²) in [5.41, 5.74) is 1.34. The van der Waals surface area contributed by atoms with E-state index in [1.165, 1.54) is 29.7 Å². The Kier molecular flexibility index (Phi) is 10.0. The molecule has 0 spiro atoms. The van der Waals surface area contributed by atoms with Crippen molar-refractivity contribution in [1.29, 1.82) is 0 Å². The Hall–Kier alpha value is -0.625. The van der Waals surface area contributed by atoms with E-state index in [9.17, 15) is 0 Å². The summed E-state index contributed by atoms with van der Waals surface area (Å²) in [4.78, 5) is 2.98. The molecular weight excluding hydrogens is 319 g/mol. The molecule has 2 heteroatoms. The van der Waals surface area contributed by atoms with Crippen molar-refractivity contribution in [3.05, 3.63) is 40.7 Å². The maximum absolute atomic E-state index is 2.55. The van der Waals surface area contributed by atoms with Crippen LogP contribution in [0.1, 0.15) is 73.3 Å². The normalized spacial score (nSPS) is 14.9. The predicted molar refractivity (Wildman–Crippen MR) is 119 cm³/mol. The molecule has 25 heavy (non-hydrogen) atoms. The van der Waals surface area contributed by atoms with E-state index < -0.39 is 0 Å². The second kappa shape index (κ2) is 11.2. The van der Waals surface area contributed by atoms with Crippen molar-refractivity contribution in [2.75, 3.05) is 0 Å². The van der Waals surface area contributed by atoms with Gasteiger partial charge >= 0.3 is 0 Å². The van der Waals surface area contributed by atoms with Crippen molar-refractivity contribution < 1.29 is 0 Å². The molecule has 140 valence electrons. The van der Waals surface area contributed by atoms with E-state index in [2.05, 4.69) is 85.7 Å². The molecule has 0 aromatic heterocycles. The minimum absolute atomic E-state index is 0.642. The number of allylic oxidation sites excluding steroid dienone is 1. The van der Waals surface area contributed by atoms with Gasteiger partial charge in [-0.25, -0.2) is 0 Å². The van der Waals surface area contributed by atoms with Crippen molar-refractivity contribution >= 4 is 18.5 Å². The third-order valence-corrected chi connectivity index (χ3v) is 6.91. The highest BCUT2D eigenvalue weighted by Gasteiger charge is 2.34. The maximum Gasteiger partial charge on any atom is 0.190 e. The van der Waals surface area contributed by atoms with E-state index in [0.717, 1.165) is 0 Å². The highest BCUT2D eigenvalue weighted by Crippen LogP contribution is 2.42. The van der Waals surface area contributed by atoms with Crippen molar-refractivity contribution in [1.82, 2.24) is 0 Å². The first-order chi connectivity index (χ1) is 11.8. The minimum Gasteiger partial charge on any atom is -0.105 e. The number of hydrogen-bond donors (Lipinski definition) is 0. The number of benzene rings is 1. The molecule has 0 N–H and O–H groups in total. The van der Waals surface area contributed by atoms with Crippen LogP contribution in [0.2, 0.25) is 11.6 Å². The van der Waals surface area contributed by atoms with Gasteiger partial charge in [0.15, 0.2) is 6.71 Å². The summed E-state index contributed by atoms with van der Waals surface area (Å²) >= 11 is 2.01. The van der Waals surface area contributed by atoms with Crippen molar-refractivity contribution in [3.63, 3.8) is 0 Å². The minimum atomic E-state index is 0.642. The fourth-order valence-electron chi connectivity index (χ4n) is 3.26. The molecule has 1 aromatic carbocycles. The molecule has 0 fully saturated rings. The largest absolute Gasteiger partial charge is 0.190 e.